The van der Waals surface area contributed by atoms with Crippen molar-refractivity contribution in [3.63, 3.8) is 0 Å². The van der Waals surface area contributed by atoms with Crippen LogP contribution in [-0.2, 0) is 0 Å². The van der Waals surface area contributed by atoms with E-state index in [4.69, 9.17) is 0 Å². The third kappa shape index (κ3) is 1.82. The minimum absolute atomic E-state index is 0.747. The van der Waals surface area contributed by atoms with Gasteiger partial charge in [0, 0.05) is 12.3 Å². The van der Waals surface area contributed by atoms with Gasteiger partial charge in [-0.05, 0) is 42.7 Å². The summed E-state index contributed by atoms with van der Waals surface area (Å²) in [5.74, 6) is 0.747. The Hall–Kier alpha value is -0.850. The minimum atomic E-state index is 0.747. The highest BCUT2D eigenvalue weighted by Crippen LogP contribution is 2.32. The number of nitrogens with zero attached hydrogens (tertiary/aromatic N) is 1. The van der Waals surface area contributed by atoms with Crippen molar-refractivity contribution in [2.24, 2.45) is 10.9 Å². The van der Waals surface area contributed by atoms with E-state index in [1.165, 1.54) is 25.0 Å². The number of aliphatic imine (C=N–C) groups is 1. The van der Waals surface area contributed by atoms with Gasteiger partial charge in [0.05, 0.1) is 0 Å². The summed E-state index contributed by atoms with van der Waals surface area (Å²) in [6, 6.07) is 0. The zero-order valence-corrected chi connectivity index (χ0v) is 9.21. The number of allylic oxidation sites excluding steroid dienone is 4. The van der Waals surface area contributed by atoms with E-state index in [0.29, 0.717) is 0 Å². The SMILES string of the molecule is CC/C=C/C1=C2CC(C)CN=C2CC1. The minimum Gasteiger partial charge on any atom is -0.289 e. The first-order valence-electron chi connectivity index (χ1n) is 5.73. The third-order valence-corrected chi connectivity index (χ3v) is 3.07. The van der Waals surface area contributed by atoms with Gasteiger partial charge in [0.15, 0.2) is 0 Å². The maximum absolute atomic E-state index is 4.66. The molecule has 0 amide bonds. The van der Waals surface area contributed by atoms with Crippen molar-refractivity contribution in [3.05, 3.63) is 23.3 Å². The molecule has 1 unspecified atom stereocenters. The van der Waals surface area contributed by atoms with Crippen LogP contribution in [0.1, 0.15) is 39.5 Å². The molecule has 0 saturated carbocycles. The third-order valence-electron chi connectivity index (χ3n) is 3.07. The molecule has 1 aliphatic heterocycles. The molecule has 1 nitrogen and oxygen atoms in total. The summed E-state index contributed by atoms with van der Waals surface area (Å²) < 4.78 is 0. The molecule has 0 radical (unpaired) electrons. The molecule has 0 spiro atoms. The Bertz CT molecular complexity index is 307. The second kappa shape index (κ2) is 4.12. The maximum Gasteiger partial charge on any atom is 0.0421 e. The van der Waals surface area contributed by atoms with Crippen LogP contribution in [0.5, 0.6) is 0 Å². The molecule has 0 aromatic rings. The van der Waals surface area contributed by atoms with E-state index in [0.717, 1.165) is 18.9 Å². The molecule has 0 bridgehead atoms. The van der Waals surface area contributed by atoms with Crippen LogP contribution in [0.15, 0.2) is 28.3 Å². The fourth-order valence-electron chi connectivity index (χ4n) is 2.29. The number of rotatable bonds is 2. The van der Waals surface area contributed by atoms with E-state index in [1.54, 1.807) is 11.1 Å². The maximum atomic E-state index is 4.66. The highest BCUT2D eigenvalue weighted by molar-refractivity contribution is 6.04. The van der Waals surface area contributed by atoms with Crippen molar-refractivity contribution >= 4 is 5.71 Å². The molecule has 0 saturated heterocycles. The molecular formula is C13H19N. The molecule has 0 aromatic carbocycles. The molecule has 76 valence electrons. The molecule has 2 rings (SSSR count). The van der Waals surface area contributed by atoms with E-state index in [2.05, 4.69) is 31.0 Å². The Morgan fingerprint density at radius 2 is 2.29 bits per heavy atom. The largest absolute Gasteiger partial charge is 0.289 e. The quantitative estimate of drug-likeness (QED) is 0.630. The molecule has 0 aromatic heterocycles. The lowest BCUT2D eigenvalue weighted by Gasteiger charge is -2.17. The van der Waals surface area contributed by atoms with Gasteiger partial charge < -0.3 is 0 Å². The van der Waals surface area contributed by atoms with Crippen LogP contribution in [-0.4, -0.2) is 12.3 Å². The first-order chi connectivity index (χ1) is 6.81. The topological polar surface area (TPSA) is 12.4 Å². The second-order valence-corrected chi connectivity index (χ2v) is 4.41. The van der Waals surface area contributed by atoms with E-state index in [-0.39, 0.29) is 0 Å². The first kappa shape index (κ1) is 9.70. The Balaban J connectivity index is 2.23. The normalized spacial score (nSPS) is 27.0. The van der Waals surface area contributed by atoms with E-state index in [1.807, 2.05) is 0 Å². The molecule has 0 fully saturated rings. The summed E-state index contributed by atoms with van der Waals surface area (Å²) >= 11 is 0. The zero-order chi connectivity index (χ0) is 9.97. The Labute approximate surface area is 86.6 Å². The molecule has 0 N–H and O–H groups in total. The molecule has 1 aliphatic carbocycles. The van der Waals surface area contributed by atoms with Crippen molar-refractivity contribution in [3.8, 4) is 0 Å². The predicted molar refractivity (Wildman–Crippen MR) is 61.8 cm³/mol. The van der Waals surface area contributed by atoms with Crippen LogP contribution in [0.4, 0.5) is 0 Å². The highest BCUT2D eigenvalue weighted by atomic mass is 14.8. The van der Waals surface area contributed by atoms with Crippen molar-refractivity contribution in [2.45, 2.75) is 39.5 Å². The van der Waals surface area contributed by atoms with Gasteiger partial charge in [0.25, 0.3) is 0 Å². The molecule has 2 aliphatic rings. The summed E-state index contributed by atoms with van der Waals surface area (Å²) in [7, 11) is 0. The Morgan fingerprint density at radius 1 is 1.43 bits per heavy atom. The summed E-state index contributed by atoms with van der Waals surface area (Å²) in [6.45, 7) is 5.53. The molecule has 14 heavy (non-hydrogen) atoms. The predicted octanol–water partition coefficient (Wildman–Crippen LogP) is 3.52. The van der Waals surface area contributed by atoms with E-state index >= 15 is 0 Å². The molecular weight excluding hydrogens is 170 g/mol. The van der Waals surface area contributed by atoms with Crippen molar-refractivity contribution in [1.82, 2.24) is 0 Å². The lowest BCUT2D eigenvalue weighted by atomic mass is 9.94. The number of hydrogen-bond donors (Lipinski definition) is 0. The standard InChI is InChI=1S/C13H19N/c1-3-4-5-11-6-7-13-12(11)8-10(2)9-14-13/h4-5,10H,3,6-9H2,1-2H3/b5-4+. The van der Waals surface area contributed by atoms with Crippen molar-refractivity contribution in [2.75, 3.05) is 6.54 Å². The summed E-state index contributed by atoms with van der Waals surface area (Å²) in [5.41, 5.74) is 4.52. The van der Waals surface area contributed by atoms with Crippen LogP contribution in [0.3, 0.4) is 0 Å². The van der Waals surface area contributed by atoms with Crippen LogP contribution in [0.2, 0.25) is 0 Å². The summed E-state index contributed by atoms with van der Waals surface area (Å²) in [5, 5.41) is 0. The number of hydrogen-bond acceptors (Lipinski definition) is 1. The van der Waals surface area contributed by atoms with Crippen LogP contribution in [0.25, 0.3) is 0 Å². The smallest absolute Gasteiger partial charge is 0.0421 e. The fourth-order valence-corrected chi connectivity index (χ4v) is 2.29. The zero-order valence-electron chi connectivity index (χ0n) is 9.21. The Morgan fingerprint density at radius 3 is 3.07 bits per heavy atom. The van der Waals surface area contributed by atoms with Gasteiger partial charge in [-0.2, -0.15) is 0 Å². The van der Waals surface area contributed by atoms with Gasteiger partial charge in [-0.3, -0.25) is 4.99 Å². The Kier molecular flexibility index (Phi) is 2.85. The lowest BCUT2D eigenvalue weighted by Crippen LogP contribution is -2.13. The van der Waals surface area contributed by atoms with Gasteiger partial charge in [-0.15, -0.1) is 0 Å². The summed E-state index contributed by atoms with van der Waals surface area (Å²) in [4.78, 5) is 4.66. The van der Waals surface area contributed by atoms with Gasteiger partial charge in [-0.1, -0.05) is 26.0 Å². The van der Waals surface area contributed by atoms with Crippen molar-refractivity contribution < 1.29 is 0 Å². The highest BCUT2D eigenvalue weighted by Gasteiger charge is 2.24. The molecule has 1 heterocycles. The average Bonchev–Trinajstić information content (AvgIpc) is 2.57. The second-order valence-electron chi connectivity index (χ2n) is 4.41. The van der Waals surface area contributed by atoms with E-state index < -0.39 is 0 Å². The van der Waals surface area contributed by atoms with Gasteiger partial charge in [0.2, 0.25) is 0 Å². The van der Waals surface area contributed by atoms with Crippen molar-refractivity contribution in [1.29, 1.82) is 0 Å². The van der Waals surface area contributed by atoms with Gasteiger partial charge in [0.1, 0.15) is 0 Å². The molecule has 1 atom stereocenters. The average molecular weight is 189 g/mol. The number of fused-ring (bicyclic) bond motifs is 1. The van der Waals surface area contributed by atoms with Crippen LogP contribution in [0, 0.1) is 5.92 Å². The van der Waals surface area contributed by atoms with Crippen LogP contribution < -0.4 is 0 Å². The fraction of sp³-hybridized carbons (Fsp3) is 0.615. The monoisotopic (exact) mass is 189 g/mol. The molecule has 1 heteroatoms. The first-order valence-corrected chi connectivity index (χ1v) is 5.73. The van der Waals surface area contributed by atoms with Gasteiger partial charge >= 0.3 is 0 Å². The van der Waals surface area contributed by atoms with Crippen LogP contribution >= 0.6 is 0 Å². The lowest BCUT2D eigenvalue weighted by molar-refractivity contribution is 0.584. The van der Waals surface area contributed by atoms with Gasteiger partial charge in [-0.25, -0.2) is 0 Å². The van der Waals surface area contributed by atoms with E-state index in [9.17, 15) is 0 Å². The summed E-state index contributed by atoms with van der Waals surface area (Å²) in [6.07, 6.45) is 9.38.